The fraction of sp³-hybridized carbons (Fsp3) is 0.235. The van der Waals surface area contributed by atoms with E-state index in [1.807, 2.05) is 24.3 Å². The molecule has 0 saturated carbocycles. The van der Waals surface area contributed by atoms with Crippen LogP contribution in [0.5, 0.6) is 5.75 Å². The van der Waals surface area contributed by atoms with E-state index in [1.165, 1.54) is 0 Å². The van der Waals surface area contributed by atoms with Gasteiger partial charge >= 0.3 is 0 Å². The molecular weight excluding hydrogens is 328 g/mol. The van der Waals surface area contributed by atoms with Gasteiger partial charge in [0.15, 0.2) is 0 Å². The van der Waals surface area contributed by atoms with Crippen molar-refractivity contribution in [1.29, 1.82) is 0 Å². The highest BCUT2D eigenvalue weighted by Gasteiger charge is 2.10. The zero-order valence-electron chi connectivity index (χ0n) is 13.6. The molecule has 0 bridgehead atoms. The van der Waals surface area contributed by atoms with Crippen LogP contribution in [0.15, 0.2) is 48.5 Å². The second kappa shape index (κ2) is 7.83. The molecule has 0 aromatic heterocycles. The Morgan fingerprint density at radius 1 is 1.08 bits per heavy atom. The molecule has 2 aromatic carbocycles. The van der Waals surface area contributed by atoms with Gasteiger partial charge in [0.2, 0.25) is 15.9 Å². The molecule has 0 aliphatic rings. The van der Waals surface area contributed by atoms with Gasteiger partial charge < -0.3 is 10.1 Å². The summed E-state index contributed by atoms with van der Waals surface area (Å²) in [6.45, 7) is 0. The number of sulfonamides is 1. The Bertz CT molecular complexity index is 819. The van der Waals surface area contributed by atoms with E-state index in [1.54, 1.807) is 31.4 Å². The molecule has 24 heavy (non-hydrogen) atoms. The summed E-state index contributed by atoms with van der Waals surface area (Å²) in [7, 11) is -1.82. The highest BCUT2D eigenvalue weighted by atomic mass is 32.2. The molecule has 0 aliphatic carbocycles. The van der Waals surface area contributed by atoms with Crippen LogP contribution >= 0.6 is 0 Å². The minimum Gasteiger partial charge on any atom is -0.497 e. The van der Waals surface area contributed by atoms with Crippen LogP contribution in [0, 0.1) is 0 Å². The lowest BCUT2D eigenvalue weighted by molar-refractivity contribution is -0.116. The maximum atomic E-state index is 12.1. The average Bonchev–Trinajstić information content (AvgIpc) is 2.54. The number of anilines is 2. The molecule has 0 saturated heterocycles. The zero-order chi connectivity index (χ0) is 17.6. The Balaban J connectivity index is 2.00. The third kappa shape index (κ3) is 5.58. The van der Waals surface area contributed by atoms with Crippen LogP contribution < -0.4 is 14.8 Å². The van der Waals surface area contributed by atoms with Crippen molar-refractivity contribution in [3.8, 4) is 5.75 Å². The summed E-state index contributed by atoms with van der Waals surface area (Å²) in [5.74, 6) is 0.552. The predicted molar refractivity (Wildman–Crippen MR) is 94.9 cm³/mol. The van der Waals surface area contributed by atoms with Crippen LogP contribution in [0.1, 0.15) is 12.0 Å². The van der Waals surface area contributed by atoms with Gasteiger partial charge in [-0.05, 0) is 36.2 Å². The van der Waals surface area contributed by atoms with Gasteiger partial charge in [-0.3, -0.25) is 9.52 Å². The molecule has 0 unspecified atom stereocenters. The molecule has 0 fully saturated rings. The molecule has 2 rings (SSSR count). The van der Waals surface area contributed by atoms with Crippen molar-refractivity contribution >= 4 is 27.3 Å². The van der Waals surface area contributed by atoms with Crippen molar-refractivity contribution < 1.29 is 17.9 Å². The summed E-state index contributed by atoms with van der Waals surface area (Å²) in [5.41, 5.74) is 1.76. The Hall–Kier alpha value is -2.54. The van der Waals surface area contributed by atoms with Crippen LogP contribution in [0.25, 0.3) is 0 Å². The number of aryl methyl sites for hydroxylation is 1. The molecule has 0 spiro atoms. The highest BCUT2D eigenvalue weighted by molar-refractivity contribution is 7.92. The van der Waals surface area contributed by atoms with Crippen molar-refractivity contribution in [3.05, 3.63) is 54.1 Å². The summed E-state index contributed by atoms with van der Waals surface area (Å²) in [5, 5.41) is 2.73. The van der Waals surface area contributed by atoms with E-state index in [0.29, 0.717) is 17.8 Å². The molecule has 2 N–H and O–H groups in total. The van der Waals surface area contributed by atoms with Crippen molar-refractivity contribution in [3.63, 3.8) is 0 Å². The third-order valence-corrected chi connectivity index (χ3v) is 3.86. The van der Waals surface area contributed by atoms with E-state index < -0.39 is 10.0 Å². The van der Waals surface area contributed by atoms with Crippen LogP contribution in [-0.4, -0.2) is 27.7 Å². The van der Waals surface area contributed by atoms with Gasteiger partial charge in [0.25, 0.3) is 0 Å². The van der Waals surface area contributed by atoms with Crippen molar-refractivity contribution in [2.45, 2.75) is 12.8 Å². The quantitative estimate of drug-likeness (QED) is 0.805. The maximum Gasteiger partial charge on any atom is 0.229 e. The molecular formula is C17H20N2O4S. The average molecular weight is 348 g/mol. The lowest BCUT2D eigenvalue weighted by Gasteiger charge is -2.12. The number of carbonyl (C=O) groups excluding carboxylic acids is 1. The first kappa shape index (κ1) is 17.8. The van der Waals surface area contributed by atoms with Crippen molar-refractivity contribution in [1.82, 2.24) is 0 Å². The largest absolute Gasteiger partial charge is 0.497 e. The first-order valence-corrected chi connectivity index (χ1v) is 9.26. The van der Waals surface area contributed by atoms with Crippen LogP contribution in [0.2, 0.25) is 0 Å². The number of nitrogens with one attached hydrogen (secondary N) is 2. The number of hydrogen-bond acceptors (Lipinski definition) is 4. The number of ether oxygens (including phenoxy) is 1. The SMILES string of the molecule is COc1cccc(CCC(=O)Nc2ccccc2NS(C)(=O)=O)c1. The highest BCUT2D eigenvalue weighted by Crippen LogP contribution is 2.22. The van der Waals surface area contributed by atoms with Gasteiger partial charge in [-0.25, -0.2) is 8.42 Å². The second-order valence-electron chi connectivity index (χ2n) is 5.32. The number of benzene rings is 2. The molecule has 7 heteroatoms. The number of rotatable bonds is 7. The Morgan fingerprint density at radius 2 is 1.79 bits per heavy atom. The number of amides is 1. The number of carbonyl (C=O) groups is 1. The number of para-hydroxylation sites is 2. The topological polar surface area (TPSA) is 84.5 Å². The van der Waals surface area contributed by atoms with E-state index in [4.69, 9.17) is 4.74 Å². The Kier molecular flexibility index (Phi) is 5.81. The number of methoxy groups -OCH3 is 1. The fourth-order valence-electron chi connectivity index (χ4n) is 2.18. The summed E-state index contributed by atoms with van der Waals surface area (Å²) >= 11 is 0. The standard InChI is InChI=1S/C17H20N2O4S/c1-23-14-7-5-6-13(12-14)10-11-17(20)18-15-8-3-4-9-16(15)19-24(2,21)22/h3-9,12,19H,10-11H2,1-2H3,(H,18,20). The molecule has 0 aliphatic heterocycles. The first-order chi connectivity index (χ1) is 11.4. The summed E-state index contributed by atoms with van der Waals surface area (Å²) < 4.78 is 30.3. The van der Waals surface area contributed by atoms with Crippen molar-refractivity contribution in [2.24, 2.45) is 0 Å². The van der Waals surface area contributed by atoms with Crippen LogP contribution in [-0.2, 0) is 21.2 Å². The van der Waals surface area contributed by atoms with E-state index in [9.17, 15) is 13.2 Å². The third-order valence-electron chi connectivity index (χ3n) is 3.27. The predicted octanol–water partition coefficient (Wildman–Crippen LogP) is 2.64. The number of hydrogen-bond donors (Lipinski definition) is 2. The molecule has 6 nitrogen and oxygen atoms in total. The van der Waals surface area contributed by atoms with Crippen LogP contribution in [0.3, 0.4) is 0 Å². The van der Waals surface area contributed by atoms with E-state index in [2.05, 4.69) is 10.0 Å². The normalized spacial score (nSPS) is 10.9. The smallest absolute Gasteiger partial charge is 0.229 e. The molecule has 0 atom stereocenters. The lowest BCUT2D eigenvalue weighted by atomic mass is 10.1. The van der Waals surface area contributed by atoms with Gasteiger partial charge in [-0.2, -0.15) is 0 Å². The molecule has 1 amide bonds. The first-order valence-electron chi connectivity index (χ1n) is 7.37. The van der Waals surface area contributed by atoms with Gasteiger partial charge in [-0.15, -0.1) is 0 Å². The Morgan fingerprint density at radius 3 is 2.46 bits per heavy atom. The van der Waals surface area contributed by atoms with Gasteiger partial charge in [-0.1, -0.05) is 24.3 Å². The van der Waals surface area contributed by atoms with E-state index in [-0.39, 0.29) is 12.3 Å². The minimum absolute atomic E-state index is 0.194. The molecule has 128 valence electrons. The summed E-state index contributed by atoms with van der Waals surface area (Å²) in [4.78, 5) is 12.1. The molecule has 0 heterocycles. The Labute approximate surface area is 141 Å². The van der Waals surface area contributed by atoms with Crippen molar-refractivity contribution in [2.75, 3.05) is 23.4 Å². The second-order valence-corrected chi connectivity index (χ2v) is 7.07. The molecule has 0 radical (unpaired) electrons. The maximum absolute atomic E-state index is 12.1. The zero-order valence-corrected chi connectivity index (χ0v) is 14.4. The van der Waals surface area contributed by atoms with Crippen LogP contribution in [0.4, 0.5) is 11.4 Å². The lowest BCUT2D eigenvalue weighted by Crippen LogP contribution is -2.16. The fourth-order valence-corrected chi connectivity index (χ4v) is 2.76. The minimum atomic E-state index is -3.41. The van der Waals surface area contributed by atoms with E-state index in [0.717, 1.165) is 17.6 Å². The van der Waals surface area contributed by atoms with Gasteiger partial charge in [0.1, 0.15) is 5.75 Å². The summed E-state index contributed by atoms with van der Waals surface area (Å²) in [6, 6.07) is 14.2. The molecule has 2 aromatic rings. The monoisotopic (exact) mass is 348 g/mol. The van der Waals surface area contributed by atoms with Gasteiger partial charge in [0.05, 0.1) is 24.7 Å². The van der Waals surface area contributed by atoms with E-state index >= 15 is 0 Å². The van der Waals surface area contributed by atoms with Gasteiger partial charge in [0, 0.05) is 6.42 Å². The summed E-state index contributed by atoms with van der Waals surface area (Å²) in [6.07, 6.45) is 1.90.